The number of hydrogen-bond donors (Lipinski definition) is 2. The van der Waals surface area contributed by atoms with Crippen LogP contribution in [0.3, 0.4) is 0 Å². The van der Waals surface area contributed by atoms with Crippen molar-refractivity contribution >= 4 is 17.7 Å². The number of anilines is 1. The van der Waals surface area contributed by atoms with E-state index >= 15 is 0 Å². The minimum atomic E-state index is -0.543. The number of carbonyl (C=O) groups is 2. The van der Waals surface area contributed by atoms with Gasteiger partial charge in [0, 0.05) is 36.5 Å². The Morgan fingerprint density at radius 2 is 1.88 bits per heavy atom. The second kappa shape index (κ2) is 11.6. The number of benzene rings is 2. The molecule has 2 amide bonds. The lowest BCUT2D eigenvalue weighted by Gasteiger charge is -2.10. The number of ether oxygens (including phenoxy) is 2. The Labute approximate surface area is 191 Å². The van der Waals surface area contributed by atoms with E-state index in [-0.39, 0.29) is 24.6 Å². The highest BCUT2D eigenvalue weighted by Gasteiger charge is 2.10. The summed E-state index contributed by atoms with van der Waals surface area (Å²) in [6, 6.07) is 17.2. The smallest absolute Gasteiger partial charge is 0.411 e. The minimum Gasteiger partial charge on any atom is -0.450 e. The standard InChI is InChI=1S/C24H26N4O5/c1-3-33-24(31)26-20-9-4-6-17(14-20)16-28-22(29)11-10-21(27-28)18-7-5-8-19(15-18)23(30)25-12-13-32-2/h4-11,14-15H,3,12-13,16H2,1-2H3,(H,25,30)(H,26,31). The quantitative estimate of drug-likeness (QED) is 0.485. The zero-order chi connectivity index (χ0) is 23.6. The lowest BCUT2D eigenvalue weighted by atomic mass is 10.1. The minimum absolute atomic E-state index is 0.211. The van der Waals surface area contributed by atoms with E-state index in [1.807, 2.05) is 12.1 Å². The van der Waals surface area contributed by atoms with Gasteiger partial charge in [0.2, 0.25) is 0 Å². The zero-order valence-corrected chi connectivity index (χ0v) is 18.5. The van der Waals surface area contributed by atoms with Gasteiger partial charge >= 0.3 is 6.09 Å². The van der Waals surface area contributed by atoms with Crippen LogP contribution in [0.5, 0.6) is 0 Å². The zero-order valence-electron chi connectivity index (χ0n) is 18.5. The van der Waals surface area contributed by atoms with Gasteiger partial charge in [-0.15, -0.1) is 0 Å². The lowest BCUT2D eigenvalue weighted by Crippen LogP contribution is -2.27. The van der Waals surface area contributed by atoms with Gasteiger partial charge in [-0.3, -0.25) is 14.9 Å². The lowest BCUT2D eigenvalue weighted by molar-refractivity contribution is 0.0937. The molecular weight excluding hydrogens is 424 g/mol. The van der Waals surface area contributed by atoms with E-state index in [0.29, 0.717) is 35.7 Å². The van der Waals surface area contributed by atoms with Crippen molar-refractivity contribution in [3.63, 3.8) is 0 Å². The maximum Gasteiger partial charge on any atom is 0.411 e. The van der Waals surface area contributed by atoms with Gasteiger partial charge in [0.1, 0.15) is 0 Å². The highest BCUT2D eigenvalue weighted by Crippen LogP contribution is 2.18. The second-order valence-corrected chi connectivity index (χ2v) is 7.09. The Morgan fingerprint density at radius 3 is 2.67 bits per heavy atom. The summed E-state index contributed by atoms with van der Waals surface area (Å²) in [7, 11) is 1.57. The number of hydrogen-bond acceptors (Lipinski definition) is 6. The molecule has 0 radical (unpaired) electrons. The molecule has 172 valence electrons. The van der Waals surface area contributed by atoms with Crippen molar-refractivity contribution in [2.24, 2.45) is 0 Å². The molecule has 0 aliphatic carbocycles. The second-order valence-electron chi connectivity index (χ2n) is 7.09. The van der Waals surface area contributed by atoms with Gasteiger partial charge in [-0.1, -0.05) is 24.3 Å². The molecule has 0 spiro atoms. The molecule has 9 heteroatoms. The van der Waals surface area contributed by atoms with E-state index in [0.717, 1.165) is 5.56 Å². The molecule has 3 rings (SSSR count). The highest BCUT2D eigenvalue weighted by atomic mass is 16.5. The first-order valence-corrected chi connectivity index (χ1v) is 10.5. The maximum atomic E-state index is 12.4. The van der Waals surface area contributed by atoms with Gasteiger partial charge in [0.25, 0.3) is 11.5 Å². The molecule has 0 atom stereocenters. The van der Waals surface area contributed by atoms with Gasteiger partial charge in [-0.2, -0.15) is 5.10 Å². The third-order valence-electron chi connectivity index (χ3n) is 4.66. The van der Waals surface area contributed by atoms with Crippen molar-refractivity contribution in [2.75, 3.05) is 32.2 Å². The largest absolute Gasteiger partial charge is 0.450 e. The highest BCUT2D eigenvalue weighted by molar-refractivity contribution is 5.95. The summed E-state index contributed by atoms with van der Waals surface area (Å²) in [5.41, 5.74) is 2.82. The molecule has 9 nitrogen and oxygen atoms in total. The van der Waals surface area contributed by atoms with Crippen LogP contribution in [0.4, 0.5) is 10.5 Å². The molecule has 0 fully saturated rings. The van der Waals surface area contributed by atoms with E-state index in [1.165, 1.54) is 10.7 Å². The number of rotatable bonds is 9. The molecule has 33 heavy (non-hydrogen) atoms. The third-order valence-corrected chi connectivity index (χ3v) is 4.66. The average Bonchev–Trinajstić information content (AvgIpc) is 2.81. The van der Waals surface area contributed by atoms with Crippen molar-refractivity contribution in [2.45, 2.75) is 13.5 Å². The van der Waals surface area contributed by atoms with E-state index < -0.39 is 6.09 Å². The Hall–Kier alpha value is -3.98. The van der Waals surface area contributed by atoms with Crippen molar-refractivity contribution in [1.82, 2.24) is 15.1 Å². The maximum absolute atomic E-state index is 12.4. The van der Waals surface area contributed by atoms with Gasteiger partial charge in [0.15, 0.2) is 0 Å². The molecule has 0 unspecified atom stereocenters. The van der Waals surface area contributed by atoms with E-state index in [1.54, 1.807) is 56.5 Å². The predicted octanol–water partition coefficient (Wildman–Crippen LogP) is 2.90. The van der Waals surface area contributed by atoms with E-state index in [9.17, 15) is 14.4 Å². The molecule has 0 aliphatic rings. The fourth-order valence-electron chi connectivity index (χ4n) is 3.11. The normalized spacial score (nSPS) is 10.5. The first-order valence-electron chi connectivity index (χ1n) is 10.5. The third kappa shape index (κ3) is 6.75. The number of nitrogens with one attached hydrogen (secondary N) is 2. The van der Waals surface area contributed by atoms with Gasteiger partial charge in [-0.05, 0) is 42.8 Å². The Balaban J connectivity index is 1.79. The SMILES string of the molecule is CCOC(=O)Nc1cccc(Cn2nc(-c3cccc(C(=O)NCCOC)c3)ccc2=O)c1. The van der Waals surface area contributed by atoms with Crippen LogP contribution in [0.25, 0.3) is 11.3 Å². The predicted molar refractivity (Wildman–Crippen MR) is 124 cm³/mol. The summed E-state index contributed by atoms with van der Waals surface area (Å²) in [4.78, 5) is 36.4. The number of carbonyl (C=O) groups excluding carboxylic acids is 2. The fourth-order valence-corrected chi connectivity index (χ4v) is 3.11. The van der Waals surface area contributed by atoms with Gasteiger partial charge in [-0.25, -0.2) is 9.48 Å². The number of nitrogens with zero attached hydrogens (tertiary/aromatic N) is 2. The summed E-state index contributed by atoms with van der Waals surface area (Å²) >= 11 is 0. The molecular formula is C24H26N4O5. The van der Waals surface area contributed by atoms with Crippen LogP contribution in [0, 0.1) is 0 Å². The number of amides is 2. The number of methoxy groups -OCH3 is 1. The Bertz CT molecular complexity index is 1180. The first kappa shape index (κ1) is 23.7. The van der Waals surface area contributed by atoms with E-state index in [4.69, 9.17) is 9.47 Å². The summed E-state index contributed by atoms with van der Waals surface area (Å²) in [5.74, 6) is -0.215. The van der Waals surface area contributed by atoms with E-state index in [2.05, 4.69) is 15.7 Å². The molecule has 3 aromatic rings. The summed E-state index contributed by atoms with van der Waals surface area (Å²) < 4.78 is 11.2. The van der Waals surface area contributed by atoms with Crippen LogP contribution >= 0.6 is 0 Å². The Morgan fingerprint density at radius 1 is 1.06 bits per heavy atom. The van der Waals surface area contributed by atoms with Crippen LogP contribution in [-0.2, 0) is 16.0 Å². The van der Waals surface area contributed by atoms with Crippen LogP contribution in [-0.4, -0.2) is 48.6 Å². The van der Waals surface area contributed by atoms with Gasteiger partial charge in [0.05, 0.1) is 25.5 Å². The average molecular weight is 450 g/mol. The summed E-state index contributed by atoms with van der Waals surface area (Å²) in [6.07, 6.45) is -0.543. The summed E-state index contributed by atoms with van der Waals surface area (Å²) in [6.45, 7) is 3.04. The van der Waals surface area contributed by atoms with Crippen molar-refractivity contribution in [3.8, 4) is 11.3 Å². The van der Waals surface area contributed by atoms with Crippen molar-refractivity contribution in [1.29, 1.82) is 0 Å². The molecule has 1 aromatic heterocycles. The molecule has 1 heterocycles. The van der Waals surface area contributed by atoms with Crippen molar-refractivity contribution in [3.05, 3.63) is 82.1 Å². The number of aromatic nitrogens is 2. The van der Waals surface area contributed by atoms with Crippen LogP contribution < -0.4 is 16.2 Å². The topological polar surface area (TPSA) is 112 Å². The van der Waals surface area contributed by atoms with Crippen LogP contribution in [0.2, 0.25) is 0 Å². The summed E-state index contributed by atoms with van der Waals surface area (Å²) in [5, 5.41) is 9.90. The fraction of sp³-hybridized carbons (Fsp3) is 0.250. The molecule has 0 saturated carbocycles. The molecule has 0 bridgehead atoms. The molecule has 0 saturated heterocycles. The van der Waals surface area contributed by atoms with Gasteiger partial charge < -0.3 is 14.8 Å². The Kier molecular flexibility index (Phi) is 8.31. The first-order chi connectivity index (χ1) is 16.0. The van der Waals surface area contributed by atoms with Crippen molar-refractivity contribution < 1.29 is 19.1 Å². The van der Waals surface area contributed by atoms with Crippen LogP contribution in [0.15, 0.2) is 65.5 Å². The van der Waals surface area contributed by atoms with Crippen LogP contribution in [0.1, 0.15) is 22.8 Å². The molecule has 2 aromatic carbocycles. The monoisotopic (exact) mass is 450 g/mol. The molecule has 2 N–H and O–H groups in total. The molecule has 0 aliphatic heterocycles.